The van der Waals surface area contributed by atoms with Gasteiger partial charge in [0.1, 0.15) is 0 Å². The van der Waals surface area contributed by atoms with Gasteiger partial charge in [-0.1, -0.05) is 60.7 Å². The molecule has 0 aliphatic heterocycles. The maximum absolute atomic E-state index is 12.2. The van der Waals surface area contributed by atoms with E-state index >= 15 is 0 Å². The molecule has 0 spiro atoms. The van der Waals surface area contributed by atoms with Crippen LogP contribution in [0.3, 0.4) is 0 Å². The fourth-order valence-corrected chi connectivity index (χ4v) is 3.67. The standard InChI is InChI=1S/C24H30N4O2/c1-2-18-8-7-9-19(16-18)17-21(29)13-14-22-20(12-15-23(22)30)10-5-3-4-6-11-24-25-27-28-26-24/h3,5,7-9,12,14-16,20-21,29H,2,4,6,10-11,13,17H2,1H3,(H,25,26,27,28)/b5-3-,22-14+. The monoisotopic (exact) mass is 406 g/mol. The number of aryl methyl sites for hydroxylation is 2. The van der Waals surface area contributed by atoms with E-state index in [2.05, 4.69) is 51.8 Å². The van der Waals surface area contributed by atoms with Gasteiger partial charge in [-0.2, -0.15) is 5.21 Å². The quantitative estimate of drug-likeness (QED) is 0.337. The number of H-pyrrole nitrogens is 1. The van der Waals surface area contributed by atoms with Crippen LogP contribution in [0.1, 0.15) is 49.6 Å². The molecular weight excluding hydrogens is 376 g/mol. The molecule has 1 heterocycles. The molecule has 0 saturated heterocycles. The number of tetrazole rings is 1. The van der Waals surface area contributed by atoms with Gasteiger partial charge in [0.15, 0.2) is 11.6 Å². The van der Waals surface area contributed by atoms with Crippen molar-refractivity contribution in [3.63, 3.8) is 0 Å². The fraction of sp³-hybridized carbons (Fsp3) is 0.417. The van der Waals surface area contributed by atoms with Gasteiger partial charge in [-0.05, 0) is 55.7 Å². The Hall–Kier alpha value is -2.86. The molecule has 2 atom stereocenters. The van der Waals surface area contributed by atoms with Crippen LogP contribution in [0.4, 0.5) is 0 Å². The zero-order valence-electron chi connectivity index (χ0n) is 17.5. The van der Waals surface area contributed by atoms with Gasteiger partial charge in [0.05, 0.1) is 6.10 Å². The van der Waals surface area contributed by atoms with Crippen molar-refractivity contribution < 1.29 is 9.90 Å². The first-order valence-corrected chi connectivity index (χ1v) is 10.7. The largest absolute Gasteiger partial charge is 0.392 e. The third-order valence-electron chi connectivity index (χ3n) is 5.36. The van der Waals surface area contributed by atoms with E-state index < -0.39 is 6.10 Å². The Morgan fingerprint density at radius 1 is 1.27 bits per heavy atom. The number of ketones is 1. The zero-order chi connectivity index (χ0) is 21.2. The summed E-state index contributed by atoms with van der Waals surface area (Å²) in [6.07, 6.45) is 14.9. The Morgan fingerprint density at radius 3 is 2.93 bits per heavy atom. The van der Waals surface area contributed by atoms with Crippen LogP contribution in [0.2, 0.25) is 0 Å². The van der Waals surface area contributed by atoms with Crippen LogP contribution in [-0.2, 0) is 24.1 Å². The number of nitrogens with zero attached hydrogens (tertiary/aromatic N) is 3. The predicted molar refractivity (Wildman–Crippen MR) is 117 cm³/mol. The molecule has 0 fully saturated rings. The summed E-state index contributed by atoms with van der Waals surface area (Å²) in [7, 11) is 0. The summed E-state index contributed by atoms with van der Waals surface area (Å²) in [4.78, 5) is 12.2. The minimum absolute atomic E-state index is 0.0608. The number of aliphatic hydroxyl groups excluding tert-OH is 1. The van der Waals surface area contributed by atoms with E-state index in [-0.39, 0.29) is 11.7 Å². The molecule has 158 valence electrons. The van der Waals surface area contributed by atoms with E-state index in [4.69, 9.17) is 0 Å². The van der Waals surface area contributed by atoms with E-state index in [1.807, 2.05) is 24.3 Å². The van der Waals surface area contributed by atoms with Crippen LogP contribution < -0.4 is 0 Å². The van der Waals surface area contributed by atoms with Gasteiger partial charge in [-0.25, -0.2) is 0 Å². The molecule has 0 radical (unpaired) electrons. The summed E-state index contributed by atoms with van der Waals surface area (Å²) in [5.41, 5.74) is 3.21. The fourth-order valence-electron chi connectivity index (χ4n) is 3.67. The smallest absolute Gasteiger partial charge is 0.181 e. The Bertz CT molecular complexity index is 900. The molecule has 30 heavy (non-hydrogen) atoms. The molecule has 0 amide bonds. The Labute approximate surface area is 177 Å². The highest BCUT2D eigenvalue weighted by atomic mass is 16.3. The average molecular weight is 407 g/mol. The lowest BCUT2D eigenvalue weighted by Crippen LogP contribution is -2.11. The minimum atomic E-state index is -0.487. The predicted octanol–water partition coefficient (Wildman–Crippen LogP) is 3.71. The minimum Gasteiger partial charge on any atom is -0.392 e. The Balaban J connectivity index is 1.45. The number of carbonyl (C=O) groups excluding carboxylic acids is 1. The molecule has 1 aromatic carbocycles. The maximum Gasteiger partial charge on any atom is 0.181 e. The molecule has 6 heteroatoms. The number of hydrogen-bond donors (Lipinski definition) is 2. The maximum atomic E-state index is 12.2. The van der Waals surface area contributed by atoms with Crippen LogP contribution >= 0.6 is 0 Å². The van der Waals surface area contributed by atoms with Gasteiger partial charge in [0.25, 0.3) is 0 Å². The summed E-state index contributed by atoms with van der Waals surface area (Å²) < 4.78 is 0. The van der Waals surface area contributed by atoms with Crippen molar-refractivity contribution in [2.45, 2.75) is 58.0 Å². The molecule has 1 aliphatic carbocycles. The first-order valence-electron chi connectivity index (χ1n) is 10.7. The highest BCUT2D eigenvalue weighted by Gasteiger charge is 2.22. The number of benzene rings is 1. The topological polar surface area (TPSA) is 91.8 Å². The summed E-state index contributed by atoms with van der Waals surface area (Å²) >= 11 is 0. The third-order valence-corrected chi connectivity index (χ3v) is 5.36. The summed E-state index contributed by atoms with van der Waals surface area (Å²) in [6.45, 7) is 2.13. The van der Waals surface area contributed by atoms with Crippen LogP contribution in [0, 0.1) is 5.92 Å². The second-order valence-corrected chi connectivity index (χ2v) is 7.68. The zero-order valence-corrected chi connectivity index (χ0v) is 17.5. The van der Waals surface area contributed by atoms with Crippen LogP contribution in [0.5, 0.6) is 0 Å². The highest BCUT2D eigenvalue weighted by Crippen LogP contribution is 2.26. The number of hydrogen-bond acceptors (Lipinski definition) is 5. The molecule has 1 aromatic heterocycles. The first-order chi connectivity index (χ1) is 14.7. The average Bonchev–Trinajstić information content (AvgIpc) is 3.39. The van der Waals surface area contributed by atoms with Crippen molar-refractivity contribution in [2.24, 2.45) is 5.92 Å². The molecule has 0 bridgehead atoms. The van der Waals surface area contributed by atoms with Gasteiger partial charge in [0, 0.05) is 17.9 Å². The number of rotatable bonds is 11. The second kappa shape index (κ2) is 11.4. The SMILES string of the molecule is CCc1cccc(CC(O)C/C=C2/C(=O)C=CC2C/C=C\CCCc2nn[nH]n2)c1. The highest BCUT2D eigenvalue weighted by molar-refractivity contribution is 6.07. The Morgan fingerprint density at radius 2 is 2.13 bits per heavy atom. The molecule has 2 N–H and O–H groups in total. The normalized spacial score (nSPS) is 18.7. The van der Waals surface area contributed by atoms with Crippen molar-refractivity contribution in [3.05, 3.63) is 77.2 Å². The van der Waals surface area contributed by atoms with Gasteiger partial charge < -0.3 is 5.11 Å². The van der Waals surface area contributed by atoms with Gasteiger partial charge in [0.2, 0.25) is 0 Å². The second-order valence-electron chi connectivity index (χ2n) is 7.68. The van der Waals surface area contributed by atoms with Crippen molar-refractivity contribution in [2.75, 3.05) is 0 Å². The molecule has 2 aromatic rings. The van der Waals surface area contributed by atoms with Crippen molar-refractivity contribution in [1.82, 2.24) is 20.6 Å². The van der Waals surface area contributed by atoms with E-state index in [9.17, 15) is 9.90 Å². The molecular formula is C24H30N4O2. The summed E-state index contributed by atoms with van der Waals surface area (Å²) in [5, 5.41) is 24.3. The lowest BCUT2D eigenvalue weighted by Gasteiger charge is -2.12. The first kappa shape index (κ1) is 21.8. The summed E-state index contributed by atoms with van der Waals surface area (Å²) in [5.74, 6) is 0.894. The van der Waals surface area contributed by atoms with Gasteiger partial charge in [-0.15, -0.1) is 10.2 Å². The Kier molecular flexibility index (Phi) is 8.27. The molecule has 1 aliphatic rings. The number of allylic oxidation sites excluding steroid dienone is 5. The molecule has 2 unspecified atom stereocenters. The molecule has 6 nitrogen and oxygen atoms in total. The van der Waals surface area contributed by atoms with E-state index in [1.54, 1.807) is 6.08 Å². The summed E-state index contributed by atoms with van der Waals surface area (Å²) in [6, 6.07) is 8.33. The lowest BCUT2D eigenvalue weighted by molar-refractivity contribution is -0.111. The van der Waals surface area contributed by atoms with Gasteiger partial charge >= 0.3 is 0 Å². The lowest BCUT2D eigenvalue weighted by atomic mass is 9.95. The number of aromatic amines is 1. The van der Waals surface area contributed by atoms with Crippen molar-refractivity contribution >= 4 is 5.78 Å². The molecule has 0 saturated carbocycles. The van der Waals surface area contributed by atoms with E-state index in [0.29, 0.717) is 12.8 Å². The number of carbonyl (C=O) groups is 1. The van der Waals surface area contributed by atoms with E-state index in [1.165, 1.54) is 5.56 Å². The van der Waals surface area contributed by atoms with Crippen molar-refractivity contribution in [3.8, 4) is 0 Å². The number of aromatic nitrogens is 4. The molecule has 3 rings (SSSR count). The number of aliphatic hydroxyl groups is 1. The van der Waals surface area contributed by atoms with Crippen LogP contribution in [0.15, 0.2) is 60.2 Å². The van der Waals surface area contributed by atoms with Crippen molar-refractivity contribution in [1.29, 1.82) is 0 Å². The van der Waals surface area contributed by atoms with Gasteiger partial charge in [-0.3, -0.25) is 4.79 Å². The van der Waals surface area contributed by atoms with E-state index in [0.717, 1.165) is 49.1 Å². The number of nitrogens with one attached hydrogen (secondary N) is 1. The van der Waals surface area contributed by atoms with Crippen LogP contribution in [0.25, 0.3) is 0 Å². The third kappa shape index (κ3) is 6.59. The number of unbranched alkanes of at least 4 members (excludes halogenated alkanes) is 1. The van der Waals surface area contributed by atoms with Crippen LogP contribution in [-0.4, -0.2) is 37.6 Å².